The number of fused-ring (bicyclic) bond motifs is 1. The fourth-order valence-corrected chi connectivity index (χ4v) is 5.99. The molecule has 1 aromatic carbocycles. The van der Waals surface area contributed by atoms with E-state index in [1.807, 2.05) is 42.2 Å². The summed E-state index contributed by atoms with van der Waals surface area (Å²) in [6.45, 7) is 4.26. The number of hydrogen-bond donors (Lipinski definition) is 0. The third-order valence-corrected chi connectivity index (χ3v) is 7.58. The van der Waals surface area contributed by atoms with Crippen LogP contribution in [0.3, 0.4) is 0 Å². The van der Waals surface area contributed by atoms with Crippen LogP contribution in [-0.4, -0.2) is 55.0 Å². The summed E-state index contributed by atoms with van der Waals surface area (Å²) in [6.07, 6.45) is 1.73. The first kappa shape index (κ1) is 16.5. The highest BCUT2D eigenvalue weighted by Gasteiger charge is 2.46. The molecule has 6 heteroatoms. The van der Waals surface area contributed by atoms with Crippen molar-refractivity contribution < 1.29 is 13.2 Å². The van der Waals surface area contributed by atoms with Crippen LogP contribution in [-0.2, 0) is 21.2 Å². The molecule has 2 atom stereocenters. The molecule has 0 unspecified atom stereocenters. The first-order valence-electron chi connectivity index (χ1n) is 8.33. The molecular formula is C17H24N2O3S. The van der Waals surface area contributed by atoms with Crippen LogP contribution in [0.2, 0.25) is 0 Å². The van der Waals surface area contributed by atoms with Gasteiger partial charge in [0.25, 0.3) is 0 Å². The maximum Gasteiger partial charge on any atom is 0.226 e. The normalized spacial score (nSPS) is 27.4. The lowest BCUT2D eigenvalue weighted by Crippen LogP contribution is -2.35. The topological polar surface area (TPSA) is 57.7 Å². The Morgan fingerprint density at radius 2 is 1.87 bits per heavy atom. The van der Waals surface area contributed by atoms with Gasteiger partial charge in [-0.25, -0.2) is 12.7 Å². The SMILES string of the molecule is CCN1C[C@@H]2CCN(C(=O)Cc3ccccc3)CC[C@@H]2S1(=O)=O. The van der Waals surface area contributed by atoms with Gasteiger partial charge in [-0.15, -0.1) is 0 Å². The maximum atomic E-state index is 12.5. The Labute approximate surface area is 138 Å². The van der Waals surface area contributed by atoms with Crippen molar-refractivity contribution >= 4 is 15.9 Å². The van der Waals surface area contributed by atoms with Crippen LogP contribution in [0.15, 0.2) is 30.3 Å². The highest BCUT2D eigenvalue weighted by molar-refractivity contribution is 7.90. The van der Waals surface area contributed by atoms with Crippen molar-refractivity contribution in [3.05, 3.63) is 35.9 Å². The molecule has 1 amide bonds. The Morgan fingerprint density at radius 3 is 2.57 bits per heavy atom. The van der Waals surface area contributed by atoms with Crippen LogP contribution < -0.4 is 0 Å². The van der Waals surface area contributed by atoms with Crippen molar-refractivity contribution in [3.63, 3.8) is 0 Å². The molecule has 1 aromatic rings. The van der Waals surface area contributed by atoms with Crippen LogP contribution in [0.25, 0.3) is 0 Å². The predicted octanol–water partition coefficient (Wildman–Crippen LogP) is 1.50. The number of benzene rings is 1. The van der Waals surface area contributed by atoms with Gasteiger partial charge in [-0.3, -0.25) is 4.79 Å². The first-order valence-corrected chi connectivity index (χ1v) is 9.83. The Balaban J connectivity index is 1.65. The van der Waals surface area contributed by atoms with E-state index < -0.39 is 10.0 Å². The smallest absolute Gasteiger partial charge is 0.226 e. The summed E-state index contributed by atoms with van der Waals surface area (Å²) in [6, 6.07) is 9.70. The number of carbonyl (C=O) groups is 1. The molecule has 0 aliphatic carbocycles. The van der Waals surface area contributed by atoms with Crippen LogP contribution in [0.1, 0.15) is 25.3 Å². The molecule has 3 rings (SSSR count). The minimum absolute atomic E-state index is 0.0981. The van der Waals surface area contributed by atoms with Gasteiger partial charge in [0.2, 0.25) is 15.9 Å². The van der Waals surface area contributed by atoms with Crippen molar-refractivity contribution in [2.45, 2.75) is 31.4 Å². The van der Waals surface area contributed by atoms with Gasteiger partial charge in [0.05, 0.1) is 11.7 Å². The summed E-state index contributed by atoms with van der Waals surface area (Å²) >= 11 is 0. The minimum atomic E-state index is -3.17. The Bertz CT molecular complexity index is 660. The zero-order valence-electron chi connectivity index (χ0n) is 13.5. The van der Waals surface area contributed by atoms with Crippen molar-refractivity contribution in [2.75, 3.05) is 26.2 Å². The molecule has 0 saturated carbocycles. The van der Waals surface area contributed by atoms with Crippen LogP contribution in [0, 0.1) is 5.92 Å². The van der Waals surface area contributed by atoms with Crippen LogP contribution >= 0.6 is 0 Å². The second kappa shape index (κ2) is 6.61. The van der Waals surface area contributed by atoms with Crippen molar-refractivity contribution in [1.29, 1.82) is 0 Å². The number of carbonyl (C=O) groups excluding carboxylic acids is 1. The van der Waals surface area contributed by atoms with Gasteiger partial charge < -0.3 is 4.90 Å². The van der Waals surface area contributed by atoms with E-state index in [1.165, 1.54) is 0 Å². The summed E-state index contributed by atoms with van der Waals surface area (Å²) in [5.74, 6) is 0.260. The van der Waals surface area contributed by atoms with E-state index >= 15 is 0 Å². The van der Waals surface area contributed by atoms with Crippen LogP contribution in [0.4, 0.5) is 0 Å². The van der Waals surface area contributed by atoms with Crippen molar-refractivity contribution in [1.82, 2.24) is 9.21 Å². The van der Waals surface area contributed by atoms with Gasteiger partial charge in [-0.1, -0.05) is 37.3 Å². The quantitative estimate of drug-likeness (QED) is 0.840. The number of rotatable bonds is 3. The van der Waals surface area contributed by atoms with Gasteiger partial charge in [0, 0.05) is 26.2 Å². The summed E-state index contributed by atoms with van der Waals surface area (Å²) in [7, 11) is -3.17. The Morgan fingerprint density at radius 1 is 1.17 bits per heavy atom. The van der Waals surface area contributed by atoms with Gasteiger partial charge in [0.1, 0.15) is 0 Å². The zero-order chi connectivity index (χ0) is 16.4. The Kier molecular flexibility index (Phi) is 4.73. The van der Waals surface area contributed by atoms with Gasteiger partial charge in [-0.05, 0) is 24.3 Å². The number of sulfonamides is 1. The lowest BCUT2D eigenvalue weighted by atomic mass is 10.0. The van der Waals surface area contributed by atoms with Crippen molar-refractivity contribution in [2.24, 2.45) is 5.92 Å². The van der Waals surface area contributed by atoms with Gasteiger partial charge >= 0.3 is 0 Å². The molecule has 2 saturated heterocycles. The highest BCUT2D eigenvalue weighted by atomic mass is 32.2. The number of amides is 1. The second-order valence-corrected chi connectivity index (χ2v) is 8.57. The molecule has 0 radical (unpaired) electrons. The van der Waals surface area contributed by atoms with E-state index in [1.54, 1.807) is 4.31 Å². The van der Waals surface area contributed by atoms with E-state index in [4.69, 9.17) is 0 Å². The standard InChI is InChI=1S/C17H24N2O3S/c1-2-19-13-15-8-10-18(11-9-16(15)23(19,21)22)17(20)12-14-6-4-3-5-7-14/h3-7,15-16H,2,8-13H2,1H3/t15-,16-/m0/s1. The molecule has 5 nitrogen and oxygen atoms in total. The highest BCUT2D eigenvalue weighted by Crippen LogP contribution is 2.34. The minimum Gasteiger partial charge on any atom is -0.342 e. The molecule has 0 N–H and O–H groups in total. The van der Waals surface area contributed by atoms with E-state index in [0.29, 0.717) is 39.0 Å². The number of nitrogens with zero attached hydrogens (tertiary/aromatic N) is 2. The summed E-state index contributed by atoms with van der Waals surface area (Å²) in [5, 5.41) is -0.308. The van der Waals surface area contributed by atoms with E-state index in [2.05, 4.69) is 0 Å². The monoisotopic (exact) mass is 336 g/mol. The molecular weight excluding hydrogens is 312 g/mol. The lowest BCUT2D eigenvalue weighted by Gasteiger charge is -2.22. The average molecular weight is 336 g/mol. The summed E-state index contributed by atoms with van der Waals surface area (Å²) in [4.78, 5) is 14.3. The molecule has 2 aliphatic rings. The number of likely N-dealkylation sites (tertiary alicyclic amines) is 1. The molecule has 2 fully saturated rings. The second-order valence-electron chi connectivity index (χ2n) is 6.41. The van der Waals surface area contributed by atoms with Crippen LogP contribution in [0.5, 0.6) is 0 Å². The van der Waals surface area contributed by atoms with E-state index in [-0.39, 0.29) is 17.1 Å². The van der Waals surface area contributed by atoms with E-state index in [9.17, 15) is 13.2 Å². The lowest BCUT2D eigenvalue weighted by molar-refractivity contribution is -0.130. The maximum absolute atomic E-state index is 12.5. The summed E-state index contributed by atoms with van der Waals surface area (Å²) < 4.78 is 26.6. The molecule has 0 bridgehead atoms. The fraction of sp³-hybridized carbons (Fsp3) is 0.588. The molecule has 23 heavy (non-hydrogen) atoms. The third kappa shape index (κ3) is 3.28. The summed E-state index contributed by atoms with van der Waals surface area (Å²) in [5.41, 5.74) is 1.01. The molecule has 0 spiro atoms. The molecule has 126 valence electrons. The molecule has 2 aliphatic heterocycles. The fourth-order valence-electron chi connectivity index (χ4n) is 3.74. The molecule has 2 heterocycles. The third-order valence-electron chi connectivity index (χ3n) is 5.06. The Hall–Kier alpha value is -1.40. The largest absolute Gasteiger partial charge is 0.342 e. The van der Waals surface area contributed by atoms with Gasteiger partial charge in [0.15, 0.2) is 0 Å². The van der Waals surface area contributed by atoms with Gasteiger partial charge in [-0.2, -0.15) is 0 Å². The first-order chi connectivity index (χ1) is 11.0. The van der Waals surface area contributed by atoms with E-state index in [0.717, 1.165) is 12.0 Å². The average Bonchev–Trinajstić information content (AvgIpc) is 2.68. The number of hydrogen-bond acceptors (Lipinski definition) is 3. The van der Waals surface area contributed by atoms with Crippen molar-refractivity contribution in [3.8, 4) is 0 Å². The predicted molar refractivity (Wildman–Crippen MR) is 89.4 cm³/mol. The zero-order valence-corrected chi connectivity index (χ0v) is 14.3. The molecule has 0 aromatic heterocycles.